The molecule has 0 aliphatic carbocycles. The molecule has 0 unspecified atom stereocenters. The number of nitrogens with zero attached hydrogens (tertiary/aromatic N) is 1. The number of rotatable bonds is 6. The van der Waals surface area contributed by atoms with Crippen molar-refractivity contribution in [2.45, 2.75) is 18.2 Å². The monoisotopic (exact) mass is 370 g/mol. The first-order valence-corrected chi connectivity index (χ1v) is 9.50. The number of aryl methyl sites for hydroxylation is 1. The average molecular weight is 370 g/mol. The Bertz CT molecular complexity index is 1010. The molecule has 0 aliphatic rings. The largest absolute Gasteiger partial charge is 0.321 e. The fourth-order valence-electron chi connectivity index (χ4n) is 2.33. The summed E-state index contributed by atoms with van der Waals surface area (Å²) in [6, 6.07) is 16.2. The van der Waals surface area contributed by atoms with Crippen molar-refractivity contribution in [3.05, 3.63) is 72.1 Å². The summed E-state index contributed by atoms with van der Waals surface area (Å²) in [7, 11) is -3.69. The second-order valence-electron chi connectivity index (χ2n) is 5.59. The molecule has 0 bridgehead atoms. The molecule has 0 aliphatic heterocycles. The maximum Gasteiger partial charge on any atom is 0.276 e. The van der Waals surface area contributed by atoms with Gasteiger partial charge in [0.05, 0.1) is 10.6 Å². The number of hydrogen-bond acceptors (Lipinski definition) is 4. The van der Waals surface area contributed by atoms with Gasteiger partial charge in [-0.1, -0.05) is 31.2 Å². The van der Waals surface area contributed by atoms with E-state index in [0.717, 1.165) is 12.1 Å². The van der Waals surface area contributed by atoms with Crippen LogP contribution in [0.4, 0.5) is 11.4 Å². The van der Waals surface area contributed by atoms with Gasteiger partial charge in [-0.3, -0.25) is 14.6 Å². The summed E-state index contributed by atoms with van der Waals surface area (Å²) in [5.41, 5.74) is 1.95. The zero-order chi connectivity index (χ0) is 18.6. The van der Waals surface area contributed by atoms with E-state index in [1.807, 2.05) is 6.92 Å². The Balaban J connectivity index is 1.75. The van der Waals surface area contributed by atoms with Crippen LogP contribution in [0.2, 0.25) is 0 Å². The van der Waals surface area contributed by atoms with E-state index in [9.17, 15) is 13.2 Å². The molecule has 2 aromatic carbocycles. The summed E-state index contributed by atoms with van der Waals surface area (Å²) in [6.45, 7) is 1.96. The van der Waals surface area contributed by atoms with E-state index in [1.165, 1.54) is 12.1 Å². The third-order valence-electron chi connectivity index (χ3n) is 3.67. The molecule has 0 saturated carbocycles. The number of benzene rings is 2. The molecule has 0 saturated heterocycles. The lowest BCUT2D eigenvalue weighted by molar-refractivity contribution is 0.102. The fourth-order valence-corrected chi connectivity index (χ4v) is 3.40. The van der Waals surface area contributed by atoms with E-state index in [4.69, 9.17) is 0 Å². The highest BCUT2D eigenvalue weighted by atomic mass is 32.2. The van der Waals surface area contributed by atoms with Gasteiger partial charge in [0.1, 0.15) is 0 Å². The van der Waals surface area contributed by atoms with Crippen molar-refractivity contribution in [3.8, 4) is 0 Å². The Morgan fingerprint density at radius 1 is 1.04 bits per heavy atom. The van der Waals surface area contributed by atoms with Crippen molar-refractivity contribution in [3.63, 3.8) is 0 Å². The molecule has 134 valence electrons. The summed E-state index contributed by atoms with van der Waals surface area (Å²) in [4.78, 5) is 12.4. The molecule has 8 heteroatoms. The zero-order valence-electron chi connectivity index (χ0n) is 14.1. The molecule has 0 fully saturated rings. The second kappa shape index (κ2) is 7.40. The van der Waals surface area contributed by atoms with Crippen LogP contribution in [-0.4, -0.2) is 24.5 Å². The van der Waals surface area contributed by atoms with Gasteiger partial charge in [0.15, 0.2) is 5.69 Å². The van der Waals surface area contributed by atoms with Crippen LogP contribution in [-0.2, 0) is 16.4 Å². The van der Waals surface area contributed by atoms with Crippen LogP contribution in [0.25, 0.3) is 0 Å². The van der Waals surface area contributed by atoms with Gasteiger partial charge in [-0.2, -0.15) is 5.10 Å². The first-order valence-electron chi connectivity index (χ1n) is 8.01. The Labute approximate surface area is 151 Å². The van der Waals surface area contributed by atoms with Gasteiger partial charge in [-0.05, 0) is 42.8 Å². The lowest BCUT2D eigenvalue weighted by atomic mass is 10.2. The minimum Gasteiger partial charge on any atom is -0.321 e. The van der Waals surface area contributed by atoms with Crippen LogP contribution in [0, 0.1) is 0 Å². The number of H-pyrrole nitrogens is 1. The van der Waals surface area contributed by atoms with E-state index in [1.54, 1.807) is 48.5 Å². The van der Waals surface area contributed by atoms with E-state index in [-0.39, 0.29) is 16.5 Å². The molecule has 7 nitrogen and oxygen atoms in total. The number of sulfonamides is 1. The molecule has 0 atom stereocenters. The summed E-state index contributed by atoms with van der Waals surface area (Å²) < 4.78 is 27.3. The molecule has 0 radical (unpaired) electrons. The smallest absolute Gasteiger partial charge is 0.276 e. The number of carbonyl (C=O) groups excluding carboxylic acids is 1. The van der Waals surface area contributed by atoms with E-state index in [0.29, 0.717) is 11.4 Å². The summed E-state index contributed by atoms with van der Waals surface area (Å²) in [6.07, 6.45) is 0.747. The van der Waals surface area contributed by atoms with E-state index in [2.05, 4.69) is 20.2 Å². The number of amides is 1. The maximum atomic E-state index is 12.4. The Kier molecular flexibility index (Phi) is 5.04. The summed E-state index contributed by atoms with van der Waals surface area (Å²) >= 11 is 0. The van der Waals surface area contributed by atoms with E-state index < -0.39 is 10.0 Å². The predicted octanol–water partition coefficient (Wildman–Crippen LogP) is 3.03. The van der Waals surface area contributed by atoms with Crippen LogP contribution in [0.5, 0.6) is 0 Å². The van der Waals surface area contributed by atoms with Crippen LogP contribution >= 0.6 is 0 Å². The molecule has 1 heterocycles. The third-order valence-corrected chi connectivity index (χ3v) is 5.07. The Morgan fingerprint density at radius 3 is 2.46 bits per heavy atom. The van der Waals surface area contributed by atoms with Crippen molar-refractivity contribution in [2.24, 2.45) is 0 Å². The van der Waals surface area contributed by atoms with Crippen molar-refractivity contribution < 1.29 is 13.2 Å². The highest BCUT2D eigenvalue weighted by Gasteiger charge is 2.14. The van der Waals surface area contributed by atoms with Crippen LogP contribution in [0.3, 0.4) is 0 Å². The van der Waals surface area contributed by atoms with Crippen LogP contribution < -0.4 is 10.0 Å². The van der Waals surface area contributed by atoms with Crippen molar-refractivity contribution in [2.75, 3.05) is 10.0 Å². The number of aromatic nitrogens is 2. The minimum absolute atomic E-state index is 0.165. The van der Waals surface area contributed by atoms with Gasteiger partial charge in [0.2, 0.25) is 0 Å². The number of hydrogen-bond donors (Lipinski definition) is 3. The number of nitrogens with one attached hydrogen (secondary N) is 3. The van der Waals surface area contributed by atoms with Crippen LogP contribution in [0.1, 0.15) is 23.1 Å². The molecular weight excluding hydrogens is 352 g/mol. The molecule has 1 amide bonds. The highest BCUT2D eigenvalue weighted by Crippen LogP contribution is 2.20. The molecule has 3 rings (SSSR count). The maximum absolute atomic E-state index is 12.4. The lowest BCUT2D eigenvalue weighted by Gasteiger charge is -2.10. The normalized spacial score (nSPS) is 11.1. The Morgan fingerprint density at radius 2 is 1.77 bits per heavy atom. The third kappa shape index (κ3) is 4.09. The minimum atomic E-state index is -3.69. The molecular formula is C18H18N4O3S. The SMILES string of the molecule is CCc1cc(C(=O)Nc2cccc(NS(=O)(=O)c3ccccc3)c2)n[nH]1. The van der Waals surface area contributed by atoms with Gasteiger partial charge in [-0.15, -0.1) is 0 Å². The average Bonchev–Trinajstić information content (AvgIpc) is 3.12. The van der Waals surface area contributed by atoms with Gasteiger partial charge >= 0.3 is 0 Å². The quantitative estimate of drug-likeness (QED) is 0.620. The van der Waals surface area contributed by atoms with Crippen molar-refractivity contribution >= 4 is 27.3 Å². The number of anilines is 2. The first kappa shape index (κ1) is 17.7. The van der Waals surface area contributed by atoms with Crippen LogP contribution in [0.15, 0.2) is 65.6 Å². The second-order valence-corrected chi connectivity index (χ2v) is 7.27. The molecule has 0 spiro atoms. The zero-order valence-corrected chi connectivity index (χ0v) is 14.9. The van der Waals surface area contributed by atoms with E-state index >= 15 is 0 Å². The van der Waals surface area contributed by atoms with Gasteiger partial charge < -0.3 is 5.32 Å². The molecule has 3 N–H and O–H groups in total. The standard InChI is InChI=1S/C18H18N4O3S/c1-2-13-12-17(21-20-13)18(23)19-14-7-6-8-15(11-14)22-26(24,25)16-9-4-3-5-10-16/h3-12,22H,2H2,1H3,(H,19,23)(H,20,21). The molecule has 26 heavy (non-hydrogen) atoms. The molecule has 3 aromatic rings. The topological polar surface area (TPSA) is 104 Å². The van der Waals surface area contributed by atoms with Crippen molar-refractivity contribution in [1.82, 2.24) is 10.2 Å². The highest BCUT2D eigenvalue weighted by molar-refractivity contribution is 7.92. The van der Waals surface area contributed by atoms with Gasteiger partial charge in [0, 0.05) is 11.4 Å². The van der Waals surface area contributed by atoms with Gasteiger partial charge in [0.25, 0.3) is 15.9 Å². The lowest BCUT2D eigenvalue weighted by Crippen LogP contribution is -2.14. The number of aromatic amines is 1. The first-order chi connectivity index (χ1) is 12.5. The Hall–Kier alpha value is -3.13. The van der Waals surface area contributed by atoms with Gasteiger partial charge in [-0.25, -0.2) is 8.42 Å². The van der Waals surface area contributed by atoms with Crippen molar-refractivity contribution in [1.29, 1.82) is 0 Å². The molecule has 1 aromatic heterocycles. The number of carbonyl (C=O) groups is 1. The summed E-state index contributed by atoms with van der Waals surface area (Å²) in [5.74, 6) is -0.371. The predicted molar refractivity (Wildman–Crippen MR) is 99.6 cm³/mol. The summed E-state index contributed by atoms with van der Waals surface area (Å²) in [5, 5.41) is 9.44. The fraction of sp³-hybridized carbons (Fsp3) is 0.111.